The molecule has 118 valence electrons. The van der Waals surface area contributed by atoms with Crippen molar-refractivity contribution in [3.05, 3.63) is 0 Å². The van der Waals surface area contributed by atoms with E-state index in [1.807, 2.05) is 0 Å². The fourth-order valence-corrected chi connectivity index (χ4v) is 4.02. The van der Waals surface area contributed by atoms with E-state index in [9.17, 15) is 13.2 Å². The number of nitrogens with one attached hydrogen (secondary N) is 1. The summed E-state index contributed by atoms with van der Waals surface area (Å²) < 4.78 is 23.1. The predicted molar refractivity (Wildman–Crippen MR) is 79.5 cm³/mol. The van der Waals surface area contributed by atoms with Crippen LogP contribution >= 0.6 is 0 Å². The van der Waals surface area contributed by atoms with Gasteiger partial charge in [0.2, 0.25) is 0 Å². The predicted octanol–water partition coefficient (Wildman–Crippen LogP) is 1.68. The molecular weight excluding hydrogens is 278 g/mol. The zero-order valence-electron chi connectivity index (χ0n) is 12.7. The van der Waals surface area contributed by atoms with Crippen LogP contribution in [-0.2, 0) is 14.6 Å². The van der Waals surface area contributed by atoms with Gasteiger partial charge in [0.05, 0.1) is 5.75 Å². The van der Waals surface area contributed by atoms with Crippen molar-refractivity contribution in [3.8, 4) is 0 Å². The van der Waals surface area contributed by atoms with Crippen LogP contribution in [0.25, 0.3) is 0 Å². The first-order valence-electron chi connectivity index (χ1n) is 7.27. The van der Waals surface area contributed by atoms with Crippen molar-refractivity contribution in [3.63, 3.8) is 0 Å². The number of carbonyl (C=O) groups is 1. The summed E-state index contributed by atoms with van der Waals surface area (Å²) in [6.45, 7) is 7.00. The fourth-order valence-electron chi connectivity index (χ4n) is 3.07. The molecule has 6 heteroatoms. The van der Waals surface area contributed by atoms with Gasteiger partial charge >= 0.3 is 5.97 Å². The van der Waals surface area contributed by atoms with E-state index in [0.717, 1.165) is 6.42 Å². The Morgan fingerprint density at radius 1 is 1.25 bits per heavy atom. The summed E-state index contributed by atoms with van der Waals surface area (Å²) in [6.07, 6.45) is 4.65. The molecule has 0 aromatic carbocycles. The van der Waals surface area contributed by atoms with Gasteiger partial charge in [0.25, 0.3) is 0 Å². The largest absolute Gasteiger partial charge is 0.480 e. The lowest BCUT2D eigenvalue weighted by Gasteiger charge is -2.41. The van der Waals surface area contributed by atoms with Crippen LogP contribution in [0.15, 0.2) is 0 Å². The highest BCUT2D eigenvalue weighted by Gasteiger charge is 2.33. The minimum absolute atomic E-state index is 0.105. The standard InChI is InChI=1S/C14H27NO4S/c1-14(2,3)11-6-4-5-7-12(11)15-8-9-20(18,19)10-13(16)17/h11-12,15H,4-10H2,1-3H3,(H,16,17). The molecule has 0 spiro atoms. The zero-order valence-corrected chi connectivity index (χ0v) is 13.5. The maximum atomic E-state index is 11.5. The Morgan fingerprint density at radius 3 is 2.40 bits per heavy atom. The van der Waals surface area contributed by atoms with E-state index in [-0.39, 0.29) is 11.2 Å². The molecule has 0 radical (unpaired) electrons. The van der Waals surface area contributed by atoms with Crippen LogP contribution in [0.2, 0.25) is 0 Å². The van der Waals surface area contributed by atoms with Gasteiger partial charge in [-0.05, 0) is 24.2 Å². The van der Waals surface area contributed by atoms with Crippen LogP contribution in [0.4, 0.5) is 0 Å². The van der Waals surface area contributed by atoms with Gasteiger partial charge in [0.15, 0.2) is 9.84 Å². The number of hydrogen-bond donors (Lipinski definition) is 2. The third kappa shape index (κ3) is 5.79. The molecule has 0 bridgehead atoms. The lowest BCUT2D eigenvalue weighted by Crippen LogP contribution is -2.45. The van der Waals surface area contributed by atoms with Crippen molar-refractivity contribution >= 4 is 15.8 Å². The number of aliphatic carboxylic acids is 1. The normalized spacial score (nSPS) is 24.6. The smallest absolute Gasteiger partial charge is 0.318 e. The third-order valence-corrected chi connectivity index (χ3v) is 5.55. The maximum absolute atomic E-state index is 11.5. The molecule has 1 aliphatic rings. The molecular formula is C14H27NO4S. The van der Waals surface area contributed by atoms with Crippen molar-refractivity contribution in [2.75, 3.05) is 18.1 Å². The second-order valence-corrected chi connectivity index (χ2v) is 8.99. The van der Waals surface area contributed by atoms with Crippen LogP contribution in [0.1, 0.15) is 46.5 Å². The SMILES string of the molecule is CC(C)(C)C1CCCCC1NCCS(=O)(=O)CC(=O)O. The molecule has 1 fully saturated rings. The summed E-state index contributed by atoms with van der Waals surface area (Å²) in [6, 6.07) is 0.337. The quantitative estimate of drug-likeness (QED) is 0.780. The monoisotopic (exact) mass is 305 g/mol. The van der Waals surface area contributed by atoms with Crippen molar-refractivity contribution in [2.45, 2.75) is 52.5 Å². The first kappa shape index (κ1) is 17.4. The second-order valence-electron chi connectivity index (χ2n) is 6.80. The Labute approximate surface area is 122 Å². The van der Waals surface area contributed by atoms with Crippen molar-refractivity contribution < 1.29 is 18.3 Å². The molecule has 0 aromatic rings. The molecule has 2 N–H and O–H groups in total. The van der Waals surface area contributed by atoms with Crippen molar-refractivity contribution in [1.29, 1.82) is 0 Å². The third-order valence-electron chi connectivity index (χ3n) is 4.04. The Hall–Kier alpha value is -0.620. The van der Waals surface area contributed by atoms with Gasteiger partial charge in [0, 0.05) is 12.6 Å². The molecule has 20 heavy (non-hydrogen) atoms. The van der Waals surface area contributed by atoms with Crippen molar-refractivity contribution in [2.24, 2.45) is 11.3 Å². The number of sulfone groups is 1. The summed E-state index contributed by atoms with van der Waals surface area (Å²) >= 11 is 0. The summed E-state index contributed by atoms with van der Waals surface area (Å²) in [7, 11) is -3.50. The Balaban J connectivity index is 2.49. The summed E-state index contributed by atoms with van der Waals surface area (Å²) in [5.74, 6) is -1.62. The number of rotatable bonds is 6. The van der Waals surface area contributed by atoms with Gasteiger partial charge in [-0.3, -0.25) is 4.79 Å². The van der Waals surface area contributed by atoms with E-state index >= 15 is 0 Å². The van der Waals surface area contributed by atoms with Crippen LogP contribution in [0.5, 0.6) is 0 Å². The van der Waals surface area contributed by atoms with E-state index in [4.69, 9.17) is 5.11 Å². The van der Waals surface area contributed by atoms with E-state index < -0.39 is 21.6 Å². The topological polar surface area (TPSA) is 83.5 Å². The van der Waals surface area contributed by atoms with Gasteiger partial charge < -0.3 is 10.4 Å². The number of hydrogen-bond acceptors (Lipinski definition) is 4. The summed E-state index contributed by atoms with van der Waals surface area (Å²) in [4.78, 5) is 10.5. The first-order valence-corrected chi connectivity index (χ1v) is 9.09. The highest BCUT2D eigenvalue weighted by molar-refractivity contribution is 7.92. The molecule has 1 rings (SSSR count). The molecule has 0 heterocycles. The van der Waals surface area contributed by atoms with Gasteiger partial charge in [0.1, 0.15) is 5.75 Å². The minimum Gasteiger partial charge on any atom is -0.480 e. The molecule has 2 unspecified atom stereocenters. The molecule has 0 saturated heterocycles. The van der Waals surface area contributed by atoms with E-state index in [2.05, 4.69) is 26.1 Å². The van der Waals surface area contributed by atoms with E-state index in [0.29, 0.717) is 18.5 Å². The maximum Gasteiger partial charge on any atom is 0.318 e. The fraction of sp³-hybridized carbons (Fsp3) is 0.929. The Kier molecular flexibility index (Phi) is 6.01. The summed E-state index contributed by atoms with van der Waals surface area (Å²) in [5, 5.41) is 11.9. The molecule has 0 aliphatic heterocycles. The zero-order chi connectivity index (χ0) is 15.4. The average Bonchev–Trinajstić information content (AvgIpc) is 2.26. The van der Waals surface area contributed by atoms with Gasteiger partial charge in [-0.2, -0.15) is 0 Å². The Morgan fingerprint density at radius 2 is 1.85 bits per heavy atom. The van der Waals surface area contributed by atoms with Crippen LogP contribution in [0.3, 0.4) is 0 Å². The van der Waals surface area contributed by atoms with E-state index in [1.165, 1.54) is 19.3 Å². The molecule has 0 aromatic heterocycles. The first-order chi connectivity index (χ1) is 9.12. The highest BCUT2D eigenvalue weighted by atomic mass is 32.2. The Bertz CT molecular complexity index is 425. The van der Waals surface area contributed by atoms with Gasteiger partial charge in [-0.1, -0.05) is 33.6 Å². The molecule has 5 nitrogen and oxygen atoms in total. The second kappa shape index (κ2) is 6.89. The lowest BCUT2D eigenvalue weighted by atomic mass is 9.69. The minimum atomic E-state index is -3.50. The van der Waals surface area contributed by atoms with Crippen molar-refractivity contribution in [1.82, 2.24) is 5.32 Å². The molecule has 1 aliphatic carbocycles. The lowest BCUT2D eigenvalue weighted by molar-refractivity contribution is -0.134. The van der Waals surface area contributed by atoms with E-state index in [1.54, 1.807) is 0 Å². The summed E-state index contributed by atoms with van der Waals surface area (Å²) in [5.41, 5.74) is 0.206. The number of carboxylic acid groups (broad SMARTS) is 1. The van der Waals surface area contributed by atoms with Crippen LogP contribution in [-0.4, -0.2) is 43.6 Å². The van der Waals surface area contributed by atoms with Gasteiger partial charge in [-0.25, -0.2) is 8.42 Å². The molecule has 0 amide bonds. The average molecular weight is 305 g/mol. The van der Waals surface area contributed by atoms with Crippen LogP contribution < -0.4 is 5.32 Å². The number of carboxylic acids is 1. The van der Waals surface area contributed by atoms with Crippen LogP contribution in [0, 0.1) is 11.3 Å². The highest BCUT2D eigenvalue weighted by Crippen LogP contribution is 2.37. The molecule has 1 saturated carbocycles. The van der Waals surface area contributed by atoms with Gasteiger partial charge in [-0.15, -0.1) is 0 Å². The molecule has 2 atom stereocenters.